The van der Waals surface area contributed by atoms with Crippen molar-refractivity contribution in [1.29, 1.82) is 0 Å². The van der Waals surface area contributed by atoms with E-state index in [4.69, 9.17) is 4.42 Å². The molecule has 2 fully saturated rings. The Morgan fingerprint density at radius 1 is 1.35 bits per heavy atom. The molecule has 3 heterocycles. The van der Waals surface area contributed by atoms with E-state index in [0.29, 0.717) is 16.5 Å². The van der Waals surface area contributed by atoms with Gasteiger partial charge >= 0.3 is 0 Å². The van der Waals surface area contributed by atoms with E-state index in [0.717, 1.165) is 19.6 Å². The SMILES string of the molecule is O=C(c1ccc(Br)o1)N1CCN2CCCC2C1. The second kappa shape index (κ2) is 4.46. The number of halogens is 1. The zero-order valence-electron chi connectivity index (χ0n) is 9.56. The normalized spacial score (nSPS) is 25.0. The summed E-state index contributed by atoms with van der Waals surface area (Å²) in [7, 11) is 0. The number of furan rings is 1. The first-order valence-electron chi connectivity index (χ1n) is 6.03. The lowest BCUT2D eigenvalue weighted by molar-refractivity contribution is 0.0540. The van der Waals surface area contributed by atoms with Crippen LogP contribution in [0.3, 0.4) is 0 Å². The van der Waals surface area contributed by atoms with Crippen molar-refractivity contribution in [2.75, 3.05) is 26.2 Å². The van der Waals surface area contributed by atoms with Crippen LogP contribution in [0.5, 0.6) is 0 Å². The second-order valence-corrected chi connectivity index (χ2v) is 5.47. The maximum absolute atomic E-state index is 12.2. The minimum atomic E-state index is 0.0160. The van der Waals surface area contributed by atoms with Gasteiger partial charge in [-0.1, -0.05) is 0 Å². The number of nitrogens with zero attached hydrogens (tertiary/aromatic N) is 2. The van der Waals surface area contributed by atoms with E-state index in [1.165, 1.54) is 19.4 Å². The summed E-state index contributed by atoms with van der Waals surface area (Å²) in [6, 6.07) is 4.05. The number of carbonyl (C=O) groups excluding carboxylic acids is 1. The van der Waals surface area contributed by atoms with Gasteiger partial charge in [0.15, 0.2) is 10.4 Å². The highest BCUT2D eigenvalue weighted by Gasteiger charge is 2.33. The predicted molar refractivity (Wildman–Crippen MR) is 66.9 cm³/mol. The minimum absolute atomic E-state index is 0.0160. The fourth-order valence-corrected chi connectivity index (χ4v) is 3.07. The van der Waals surface area contributed by atoms with Gasteiger partial charge in [0.25, 0.3) is 5.91 Å². The van der Waals surface area contributed by atoms with E-state index in [2.05, 4.69) is 20.8 Å². The first-order valence-corrected chi connectivity index (χ1v) is 6.82. The third kappa shape index (κ3) is 2.13. The third-order valence-electron chi connectivity index (χ3n) is 3.66. The number of hydrogen-bond donors (Lipinski definition) is 0. The summed E-state index contributed by atoms with van der Waals surface area (Å²) < 4.78 is 5.93. The monoisotopic (exact) mass is 298 g/mol. The van der Waals surface area contributed by atoms with Crippen molar-refractivity contribution >= 4 is 21.8 Å². The van der Waals surface area contributed by atoms with Crippen LogP contribution in [0.4, 0.5) is 0 Å². The first-order chi connectivity index (χ1) is 8.24. The highest BCUT2D eigenvalue weighted by Crippen LogP contribution is 2.23. The smallest absolute Gasteiger partial charge is 0.289 e. The molecule has 5 heteroatoms. The van der Waals surface area contributed by atoms with E-state index in [9.17, 15) is 4.79 Å². The molecule has 2 saturated heterocycles. The van der Waals surface area contributed by atoms with E-state index in [1.807, 2.05) is 4.90 Å². The summed E-state index contributed by atoms with van der Waals surface area (Å²) in [6.45, 7) is 3.85. The van der Waals surface area contributed by atoms with Crippen molar-refractivity contribution < 1.29 is 9.21 Å². The van der Waals surface area contributed by atoms with Gasteiger partial charge in [-0.2, -0.15) is 0 Å². The lowest BCUT2D eigenvalue weighted by Gasteiger charge is -2.37. The van der Waals surface area contributed by atoms with Crippen molar-refractivity contribution in [2.45, 2.75) is 18.9 Å². The van der Waals surface area contributed by atoms with Crippen LogP contribution < -0.4 is 0 Å². The average molecular weight is 299 g/mol. The Labute approximate surface area is 109 Å². The van der Waals surface area contributed by atoms with Crippen LogP contribution in [0.15, 0.2) is 21.2 Å². The summed E-state index contributed by atoms with van der Waals surface area (Å²) in [6.07, 6.45) is 2.48. The van der Waals surface area contributed by atoms with Gasteiger partial charge in [-0.25, -0.2) is 0 Å². The highest BCUT2D eigenvalue weighted by atomic mass is 79.9. The molecule has 92 valence electrons. The average Bonchev–Trinajstić information content (AvgIpc) is 2.95. The van der Waals surface area contributed by atoms with Gasteiger partial charge in [-0.3, -0.25) is 9.69 Å². The Hall–Kier alpha value is -0.810. The fourth-order valence-electron chi connectivity index (χ4n) is 2.76. The third-order valence-corrected chi connectivity index (χ3v) is 4.08. The molecule has 1 aromatic heterocycles. The Morgan fingerprint density at radius 2 is 2.24 bits per heavy atom. The van der Waals surface area contributed by atoms with E-state index in [-0.39, 0.29) is 5.91 Å². The van der Waals surface area contributed by atoms with Crippen LogP contribution in [0.1, 0.15) is 23.4 Å². The first kappa shape index (κ1) is 11.3. The largest absolute Gasteiger partial charge is 0.444 e. The number of hydrogen-bond acceptors (Lipinski definition) is 3. The summed E-state index contributed by atoms with van der Waals surface area (Å²) in [5.41, 5.74) is 0. The Bertz CT molecular complexity index is 432. The summed E-state index contributed by atoms with van der Waals surface area (Å²) in [5.74, 6) is 0.450. The molecule has 0 aliphatic carbocycles. The summed E-state index contributed by atoms with van der Waals surface area (Å²) in [4.78, 5) is 16.6. The lowest BCUT2D eigenvalue weighted by atomic mass is 10.1. The van der Waals surface area contributed by atoms with E-state index in [1.54, 1.807) is 12.1 Å². The van der Waals surface area contributed by atoms with Crippen molar-refractivity contribution in [2.24, 2.45) is 0 Å². The van der Waals surface area contributed by atoms with E-state index < -0.39 is 0 Å². The molecular weight excluding hydrogens is 284 g/mol. The van der Waals surface area contributed by atoms with Crippen LogP contribution >= 0.6 is 15.9 Å². The molecule has 0 N–H and O–H groups in total. The molecule has 1 amide bonds. The molecule has 0 aromatic carbocycles. The molecule has 2 aliphatic heterocycles. The molecular formula is C12H15BrN2O2. The zero-order chi connectivity index (χ0) is 11.8. The fraction of sp³-hybridized carbons (Fsp3) is 0.583. The molecule has 1 unspecified atom stereocenters. The molecule has 3 rings (SSSR count). The molecule has 1 atom stereocenters. The second-order valence-electron chi connectivity index (χ2n) is 4.69. The Kier molecular flexibility index (Phi) is 2.96. The van der Waals surface area contributed by atoms with Crippen molar-refractivity contribution in [3.8, 4) is 0 Å². The molecule has 0 spiro atoms. The van der Waals surface area contributed by atoms with Gasteiger partial charge < -0.3 is 9.32 Å². The maximum Gasteiger partial charge on any atom is 0.289 e. The van der Waals surface area contributed by atoms with Crippen molar-refractivity contribution in [3.05, 3.63) is 22.6 Å². The van der Waals surface area contributed by atoms with Crippen molar-refractivity contribution in [3.63, 3.8) is 0 Å². The van der Waals surface area contributed by atoms with Gasteiger partial charge in [0.1, 0.15) is 0 Å². The number of carbonyl (C=O) groups is 1. The molecule has 0 saturated carbocycles. The van der Waals surface area contributed by atoms with Crippen molar-refractivity contribution in [1.82, 2.24) is 9.80 Å². The van der Waals surface area contributed by atoms with Crippen LogP contribution in [0.25, 0.3) is 0 Å². The predicted octanol–water partition coefficient (Wildman–Crippen LogP) is 1.96. The quantitative estimate of drug-likeness (QED) is 0.795. The topological polar surface area (TPSA) is 36.7 Å². The number of fused-ring (bicyclic) bond motifs is 1. The highest BCUT2D eigenvalue weighted by molar-refractivity contribution is 9.10. The molecule has 4 nitrogen and oxygen atoms in total. The zero-order valence-corrected chi connectivity index (χ0v) is 11.1. The molecule has 2 aliphatic rings. The molecule has 17 heavy (non-hydrogen) atoms. The van der Waals surface area contributed by atoms with Crippen LogP contribution in [0.2, 0.25) is 0 Å². The molecule has 0 bridgehead atoms. The van der Waals surface area contributed by atoms with Gasteiger partial charge in [0, 0.05) is 25.7 Å². The van der Waals surface area contributed by atoms with Crippen LogP contribution in [-0.2, 0) is 0 Å². The van der Waals surface area contributed by atoms with E-state index >= 15 is 0 Å². The number of piperazine rings is 1. The van der Waals surface area contributed by atoms with Gasteiger partial charge in [0.05, 0.1) is 0 Å². The standard InChI is InChI=1S/C12H15BrN2O2/c13-11-4-3-10(17-11)12(16)15-7-6-14-5-1-2-9(14)8-15/h3-4,9H,1-2,5-8H2. The lowest BCUT2D eigenvalue weighted by Crippen LogP contribution is -2.51. The Balaban J connectivity index is 1.70. The Morgan fingerprint density at radius 3 is 3.00 bits per heavy atom. The van der Waals surface area contributed by atoms with Crippen LogP contribution in [0, 0.1) is 0 Å². The van der Waals surface area contributed by atoms with Gasteiger partial charge in [0.2, 0.25) is 0 Å². The molecule has 1 aromatic rings. The van der Waals surface area contributed by atoms with Gasteiger partial charge in [-0.15, -0.1) is 0 Å². The minimum Gasteiger partial charge on any atom is -0.444 e. The number of amides is 1. The molecule has 0 radical (unpaired) electrons. The maximum atomic E-state index is 12.2. The summed E-state index contributed by atoms with van der Waals surface area (Å²) >= 11 is 3.22. The number of rotatable bonds is 1. The van der Waals surface area contributed by atoms with Crippen LogP contribution in [-0.4, -0.2) is 47.9 Å². The van der Waals surface area contributed by atoms with Gasteiger partial charge in [-0.05, 0) is 47.4 Å². The summed E-state index contributed by atoms with van der Waals surface area (Å²) in [5, 5.41) is 0.